The van der Waals surface area contributed by atoms with Crippen molar-refractivity contribution in [2.75, 3.05) is 62.0 Å². The fraction of sp³-hybridized carbons (Fsp3) is 0.400. The molecular formula is C40H49N3O10. The van der Waals surface area contributed by atoms with Crippen LogP contribution in [0.2, 0.25) is 0 Å². The van der Waals surface area contributed by atoms with Crippen molar-refractivity contribution in [2.45, 2.75) is 53.4 Å². The standard InChI is InChI=1S/C40H49N3O10/c1-5-40(25-51-36(46)19-22-41-33-13-7-30(8-14-33)28(3)44,26-52-37(47)20-23-42-34-15-9-31(10-16-34)29(4)45)27-53-38(48)21-24-43-35-17-11-32(12-18-35)39(49)50-6-2/h7-18,41-43H,5-6,19-27H2,1-4H3. The van der Waals surface area contributed by atoms with Crippen molar-refractivity contribution >= 4 is 52.5 Å². The van der Waals surface area contributed by atoms with Crippen LogP contribution >= 0.6 is 0 Å². The number of rotatable bonds is 23. The van der Waals surface area contributed by atoms with Gasteiger partial charge in [-0.3, -0.25) is 24.0 Å². The van der Waals surface area contributed by atoms with E-state index < -0.39 is 29.3 Å². The number of benzene rings is 3. The van der Waals surface area contributed by atoms with Crippen molar-refractivity contribution < 1.29 is 47.7 Å². The summed E-state index contributed by atoms with van der Waals surface area (Å²) >= 11 is 0. The van der Waals surface area contributed by atoms with Crippen molar-refractivity contribution in [3.63, 3.8) is 0 Å². The molecule has 0 spiro atoms. The van der Waals surface area contributed by atoms with Crippen molar-refractivity contribution in [1.82, 2.24) is 0 Å². The highest BCUT2D eigenvalue weighted by Gasteiger charge is 2.34. The van der Waals surface area contributed by atoms with E-state index in [4.69, 9.17) is 18.9 Å². The normalized spacial score (nSPS) is 10.8. The Morgan fingerprint density at radius 1 is 0.491 bits per heavy atom. The summed E-state index contributed by atoms with van der Waals surface area (Å²) < 4.78 is 21.8. The molecule has 3 aromatic carbocycles. The first-order chi connectivity index (χ1) is 25.4. The lowest BCUT2D eigenvalue weighted by molar-refractivity contribution is -0.162. The largest absolute Gasteiger partial charge is 0.465 e. The predicted octanol–water partition coefficient (Wildman–Crippen LogP) is 6.10. The zero-order valence-corrected chi connectivity index (χ0v) is 30.8. The number of ketones is 2. The second kappa shape index (κ2) is 21.6. The van der Waals surface area contributed by atoms with Gasteiger partial charge in [0.2, 0.25) is 0 Å². The highest BCUT2D eigenvalue weighted by molar-refractivity contribution is 5.95. The van der Waals surface area contributed by atoms with Crippen LogP contribution in [-0.2, 0) is 33.3 Å². The SMILES string of the molecule is CCOC(=O)c1ccc(NCCC(=O)OCC(CC)(COC(=O)CCNc2ccc(C(C)=O)cc2)COC(=O)CCNc2ccc(C(C)=O)cc2)cc1. The van der Waals surface area contributed by atoms with Crippen molar-refractivity contribution in [1.29, 1.82) is 0 Å². The average Bonchev–Trinajstić information content (AvgIpc) is 3.15. The van der Waals surface area contributed by atoms with Crippen molar-refractivity contribution in [3.05, 3.63) is 89.5 Å². The van der Waals surface area contributed by atoms with Crippen LogP contribution < -0.4 is 16.0 Å². The predicted molar refractivity (Wildman–Crippen MR) is 200 cm³/mol. The first-order valence-electron chi connectivity index (χ1n) is 17.6. The average molecular weight is 732 g/mol. The highest BCUT2D eigenvalue weighted by atomic mass is 16.6. The van der Waals surface area contributed by atoms with E-state index in [1.807, 2.05) is 6.92 Å². The molecule has 13 nitrogen and oxygen atoms in total. The third-order valence-corrected chi connectivity index (χ3v) is 8.32. The molecular weight excluding hydrogens is 682 g/mol. The van der Waals surface area contributed by atoms with Gasteiger partial charge in [0.05, 0.1) is 36.8 Å². The first kappa shape index (κ1) is 41.7. The zero-order chi connectivity index (χ0) is 38.6. The van der Waals surface area contributed by atoms with Crippen LogP contribution in [0.3, 0.4) is 0 Å². The van der Waals surface area contributed by atoms with Gasteiger partial charge in [-0.15, -0.1) is 0 Å². The molecule has 284 valence electrons. The van der Waals surface area contributed by atoms with Gasteiger partial charge in [0, 0.05) is 47.8 Å². The summed E-state index contributed by atoms with van der Waals surface area (Å²) in [5.74, 6) is -1.99. The minimum atomic E-state index is -0.997. The third kappa shape index (κ3) is 14.8. The molecule has 0 fully saturated rings. The van der Waals surface area contributed by atoms with Crippen LogP contribution in [-0.4, -0.2) is 81.5 Å². The van der Waals surface area contributed by atoms with Gasteiger partial charge in [-0.2, -0.15) is 0 Å². The van der Waals surface area contributed by atoms with E-state index >= 15 is 0 Å². The highest BCUT2D eigenvalue weighted by Crippen LogP contribution is 2.25. The maximum atomic E-state index is 12.8. The molecule has 3 N–H and O–H groups in total. The van der Waals surface area contributed by atoms with E-state index in [-0.39, 0.29) is 76.9 Å². The van der Waals surface area contributed by atoms with Crippen molar-refractivity contribution in [2.24, 2.45) is 5.41 Å². The Bertz CT molecular complexity index is 1590. The number of carbonyl (C=O) groups is 6. The summed E-state index contributed by atoms with van der Waals surface area (Å²) in [6.07, 6.45) is 0.475. The molecule has 13 heteroatoms. The smallest absolute Gasteiger partial charge is 0.338 e. The summed E-state index contributed by atoms with van der Waals surface area (Å²) in [4.78, 5) is 73.1. The number of carbonyl (C=O) groups excluding carboxylic acids is 6. The Morgan fingerprint density at radius 3 is 1.09 bits per heavy atom. The van der Waals surface area contributed by atoms with Gasteiger partial charge >= 0.3 is 23.9 Å². The molecule has 0 bridgehead atoms. The molecule has 0 saturated heterocycles. The molecule has 0 aliphatic heterocycles. The molecule has 0 heterocycles. The lowest BCUT2D eigenvalue weighted by atomic mass is 9.88. The monoisotopic (exact) mass is 731 g/mol. The molecule has 0 radical (unpaired) electrons. The Morgan fingerprint density at radius 2 is 0.811 bits per heavy atom. The number of esters is 4. The summed E-state index contributed by atoms with van der Waals surface area (Å²) in [6.45, 7) is 7.18. The summed E-state index contributed by atoms with van der Waals surface area (Å²) in [6, 6.07) is 20.5. The van der Waals surface area contributed by atoms with Crippen molar-refractivity contribution in [3.8, 4) is 0 Å². The van der Waals surface area contributed by atoms with Gasteiger partial charge in [-0.05, 0) is 100.0 Å². The Balaban J connectivity index is 1.53. The van der Waals surface area contributed by atoms with Crippen LogP contribution in [0.25, 0.3) is 0 Å². The molecule has 3 aromatic rings. The van der Waals surface area contributed by atoms with Crippen LogP contribution in [0.1, 0.15) is 84.5 Å². The van der Waals surface area contributed by atoms with Gasteiger partial charge in [-0.1, -0.05) is 6.92 Å². The number of hydrogen-bond donors (Lipinski definition) is 3. The van der Waals surface area contributed by atoms with E-state index in [9.17, 15) is 28.8 Å². The Kier molecular flexibility index (Phi) is 17.0. The number of ether oxygens (including phenoxy) is 4. The number of nitrogens with one attached hydrogen (secondary N) is 3. The Hall–Kier alpha value is -5.72. The van der Waals surface area contributed by atoms with Crippen LogP contribution in [0, 0.1) is 5.41 Å². The van der Waals surface area contributed by atoms with Gasteiger partial charge in [-0.25, -0.2) is 4.79 Å². The quantitative estimate of drug-likeness (QED) is 0.0580. The van der Waals surface area contributed by atoms with Gasteiger partial charge < -0.3 is 34.9 Å². The molecule has 0 aliphatic rings. The topological polar surface area (TPSA) is 175 Å². The van der Waals surface area contributed by atoms with Gasteiger partial charge in [0.15, 0.2) is 11.6 Å². The zero-order valence-electron chi connectivity index (χ0n) is 30.8. The fourth-order valence-electron chi connectivity index (χ4n) is 4.86. The maximum Gasteiger partial charge on any atom is 0.338 e. The Labute approximate surface area is 310 Å². The molecule has 0 atom stereocenters. The first-order valence-corrected chi connectivity index (χ1v) is 17.6. The molecule has 53 heavy (non-hydrogen) atoms. The number of Topliss-reactive ketones (excluding diaryl/α,β-unsaturated/α-hetero) is 2. The van der Waals surface area contributed by atoms with Crippen LogP contribution in [0.15, 0.2) is 72.8 Å². The van der Waals surface area contributed by atoms with E-state index in [2.05, 4.69) is 16.0 Å². The summed E-state index contributed by atoms with van der Waals surface area (Å²) in [5, 5.41) is 9.35. The van der Waals surface area contributed by atoms with E-state index in [1.54, 1.807) is 79.7 Å². The molecule has 0 aromatic heterocycles. The second-order valence-electron chi connectivity index (χ2n) is 12.4. The van der Waals surface area contributed by atoms with E-state index in [0.29, 0.717) is 28.8 Å². The second-order valence-corrected chi connectivity index (χ2v) is 12.4. The maximum absolute atomic E-state index is 12.8. The third-order valence-electron chi connectivity index (χ3n) is 8.32. The summed E-state index contributed by atoms with van der Waals surface area (Å²) in [7, 11) is 0. The minimum Gasteiger partial charge on any atom is -0.465 e. The minimum absolute atomic E-state index is 0.0249. The lowest BCUT2D eigenvalue weighted by Crippen LogP contribution is -2.39. The summed E-state index contributed by atoms with van der Waals surface area (Å²) in [5.41, 5.74) is 2.79. The van der Waals surface area contributed by atoms with Gasteiger partial charge in [0.25, 0.3) is 0 Å². The number of anilines is 3. The van der Waals surface area contributed by atoms with Gasteiger partial charge in [0.1, 0.15) is 19.8 Å². The molecule has 0 saturated carbocycles. The van der Waals surface area contributed by atoms with Crippen LogP contribution in [0.4, 0.5) is 17.1 Å². The fourth-order valence-corrected chi connectivity index (χ4v) is 4.86. The van der Waals surface area contributed by atoms with Crippen LogP contribution in [0.5, 0.6) is 0 Å². The molecule has 0 amide bonds. The lowest BCUT2D eigenvalue weighted by Gasteiger charge is -2.31. The molecule has 0 aliphatic carbocycles. The molecule has 3 rings (SSSR count). The van der Waals surface area contributed by atoms with E-state index in [1.165, 1.54) is 13.8 Å². The van der Waals surface area contributed by atoms with E-state index in [0.717, 1.165) is 11.4 Å². The molecule has 0 unspecified atom stereocenters. The number of hydrogen-bond acceptors (Lipinski definition) is 13.